The third-order valence-electron chi connectivity index (χ3n) is 2.41. The first-order valence-electron chi connectivity index (χ1n) is 5.11. The monoisotopic (exact) mass is 221 g/mol. The second-order valence-corrected chi connectivity index (χ2v) is 4.44. The van der Waals surface area contributed by atoms with Crippen molar-refractivity contribution in [3.8, 4) is 0 Å². The van der Waals surface area contributed by atoms with E-state index in [0.29, 0.717) is 17.6 Å². The summed E-state index contributed by atoms with van der Waals surface area (Å²) < 4.78 is 4.97. The molecule has 0 aliphatic rings. The molecule has 86 valence electrons. The lowest BCUT2D eigenvalue weighted by molar-refractivity contribution is 0.554. The maximum atomic E-state index is 11.0. The van der Waals surface area contributed by atoms with Crippen LogP contribution < -0.4 is 16.8 Å². The fraction of sp³-hybridized carbons (Fsp3) is 0.364. The third-order valence-corrected chi connectivity index (χ3v) is 2.41. The van der Waals surface area contributed by atoms with Gasteiger partial charge in [0.1, 0.15) is 0 Å². The third kappa shape index (κ3) is 2.09. The van der Waals surface area contributed by atoms with Crippen molar-refractivity contribution in [2.24, 2.45) is 5.73 Å². The highest BCUT2D eigenvalue weighted by Gasteiger charge is 2.15. The molecule has 5 nitrogen and oxygen atoms in total. The van der Waals surface area contributed by atoms with Crippen molar-refractivity contribution in [1.82, 2.24) is 4.98 Å². The average molecular weight is 221 g/mol. The van der Waals surface area contributed by atoms with Gasteiger partial charge in [-0.2, -0.15) is 0 Å². The SMILES string of the molecule is CC(C)(CN)Nc1ccc2[nH]c(=O)oc2c1. The molecule has 0 unspecified atom stereocenters. The maximum Gasteiger partial charge on any atom is 0.417 e. The quantitative estimate of drug-likeness (QED) is 0.728. The molecule has 0 aliphatic carbocycles. The van der Waals surface area contributed by atoms with E-state index in [-0.39, 0.29) is 5.54 Å². The fourth-order valence-corrected chi connectivity index (χ4v) is 1.46. The van der Waals surface area contributed by atoms with E-state index in [1.165, 1.54) is 0 Å². The molecule has 0 radical (unpaired) electrons. The predicted octanol–water partition coefficient (Wildman–Crippen LogP) is 1.27. The fourth-order valence-electron chi connectivity index (χ4n) is 1.46. The standard InChI is InChI=1S/C11H15N3O2/c1-11(2,6-12)14-7-3-4-8-9(5-7)16-10(15)13-8/h3-5,14H,6,12H2,1-2H3,(H,13,15). The van der Waals surface area contributed by atoms with Crippen molar-refractivity contribution in [3.05, 3.63) is 28.7 Å². The Labute approximate surface area is 92.6 Å². The van der Waals surface area contributed by atoms with Crippen LogP contribution in [0.4, 0.5) is 5.69 Å². The van der Waals surface area contributed by atoms with Gasteiger partial charge in [0.25, 0.3) is 0 Å². The molecule has 0 fully saturated rings. The molecule has 0 saturated carbocycles. The molecular weight excluding hydrogens is 206 g/mol. The zero-order valence-electron chi connectivity index (χ0n) is 9.33. The van der Waals surface area contributed by atoms with Crippen molar-refractivity contribution in [3.63, 3.8) is 0 Å². The van der Waals surface area contributed by atoms with E-state index < -0.39 is 5.76 Å². The molecule has 0 amide bonds. The Morgan fingerprint density at radius 2 is 2.25 bits per heavy atom. The van der Waals surface area contributed by atoms with Crippen molar-refractivity contribution in [1.29, 1.82) is 0 Å². The van der Waals surface area contributed by atoms with E-state index in [4.69, 9.17) is 10.2 Å². The number of rotatable bonds is 3. The minimum Gasteiger partial charge on any atom is -0.408 e. The molecule has 2 rings (SSSR count). The predicted molar refractivity (Wildman–Crippen MR) is 63.6 cm³/mol. The van der Waals surface area contributed by atoms with Crippen molar-refractivity contribution in [2.75, 3.05) is 11.9 Å². The van der Waals surface area contributed by atoms with Gasteiger partial charge >= 0.3 is 5.76 Å². The van der Waals surface area contributed by atoms with E-state index in [9.17, 15) is 4.79 Å². The zero-order chi connectivity index (χ0) is 11.8. The topological polar surface area (TPSA) is 84.0 Å². The largest absolute Gasteiger partial charge is 0.417 e. The van der Waals surface area contributed by atoms with Gasteiger partial charge in [0.05, 0.1) is 5.52 Å². The number of nitrogens with one attached hydrogen (secondary N) is 2. The van der Waals surface area contributed by atoms with Gasteiger partial charge in [-0.15, -0.1) is 0 Å². The Bertz CT molecular complexity index is 554. The van der Waals surface area contributed by atoms with Gasteiger partial charge < -0.3 is 15.5 Å². The number of hydrogen-bond acceptors (Lipinski definition) is 4. The summed E-state index contributed by atoms with van der Waals surface area (Å²) in [6.07, 6.45) is 0. The number of fused-ring (bicyclic) bond motifs is 1. The van der Waals surface area contributed by atoms with Gasteiger partial charge in [-0.25, -0.2) is 4.79 Å². The molecule has 0 bridgehead atoms. The van der Waals surface area contributed by atoms with Gasteiger partial charge in [-0.05, 0) is 26.0 Å². The number of oxazole rings is 1. The molecule has 1 aromatic carbocycles. The van der Waals surface area contributed by atoms with Crippen molar-refractivity contribution >= 4 is 16.8 Å². The van der Waals surface area contributed by atoms with E-state index >= 15 is 0 Å². The molecule has 16 heavy (non-hydrogen) atoms. The summed E-state index contributed by atoms with van der Waals surface area (Å²) in [5, 5.41) is 3.27. The van der Waals surface area contributed by atoms with Crippen LogP contribution in [0.1, 0.15) is 13.8 Å². The summed E-state index contributed by atoms with van der Waals surface area (Å²) in [7, 11) is 0. The Hall–Kier alpha value is -1.75. The number of benzene rings is 1. The summed E-state index contributed by atoms with van der Waals surface area (Å²) in [6.45, 7) is 4.52. The van der Waals surface area contributed by atoms with E-state index in [1.807, 2.05) is 19.9 Å². The van der Waals surface area contributed by atoms with Crippen LogP contribution in [-0.4, -0.2) is 17.1 Å². The molecule has 4 N–H and O–H groups in total. The number of hydrogen-bond donors (Lipinski definition) is 3. The van der Waals surface area contributed by atoms with Gasteiger partial charge in [0.2, 0.25) is 0 Å². The van der Waals surface area contributed by atoms with Crippen molar-refractivity contribution < 1.29 is 4.42 Å². The second-order valence-electron chi connectivity index (χ2n) is 4.44. The lowest BCUT2D eigenvalue weighted by Crippen LogP contribution is -2.39. The molecule has 0 aliphatic heterocycles. The number of anilines is 1. The molecule has 5 heteroatoms. The zero-order valence-corrected chi connectivity index (χ0v) is 9.33. The smallest absolute Gasteiger partial charge is 0.408 e. The van der Waals surface area contributed by atoms with Crippen LogP contribution in [0.15, 0.2) is 27.4 Å². The Balaban J connectivity index is 2.36. The normalized spacial score (nSPS) is 11.9. The summed E-state index contributed by atoms with van der Waals surface area (Å²) in [6, 6.07) is 5.46. The molecule has 2 aromatic rings. The van der Waals surface area contributed by atoms with Gasteiger partial charge in [0, 0.05) is 23.8 Å². The highest BCUT2D eigenvalue weighted by molar-refractivity contribution is 5.76. The van der Waals surface area contributed by atoms with Crippen LogP contribution in [0.3, 0.4) is 0 Å². The molecule has 0 atom stereocenters. The summed E-state index contributed by atoms with van der Waals surface area (Å²) >= 11 is 0. The van der Waals surface area contributed by atoms with E-state index in [0.717, 1.165) is 5.69 Å². The minimum absolute atomic E-state index is 0.190. The van der Waals surface area contributed by atoms with Crippen LogP contribution >= 0.6 is 0 Å². The molecule has 1 aromatic heterocycles. The van der Waals surface area contributed by atoms with Crippen LogP contribution in [0.25, 0.3) is 11.1 Å². The molecule has 1 heterocycles. The van der Waals surface area contributed by atoms with Crippen molar-refractivity contribution in [2.45, 2.75) is 19.4 Å². The lowest BCUT2D eigenvalue weighted by Gasteiger charge is -2.25. The highest BCUT2D eigenvalue weighted by Crippen LogP contribution is 2.19. The summed E-state index contributed by atoms with van der Waals surface area (Å²) in [5.41, 5.74) is 7.56. The highest BCUT2D eigenvalue weighted by atomic mass is 16.4. The van der Waals surface area contributed by atoms with Crippen LogP contribution in [0.2, 0.25) is 0 Å². The average Bonchev–Trinajstić information content (AvgIpc) is 2.57. The first-order valence-corrected chi connectivity index (χ1v) is 5.11. The molecule has 0 spiro atoms. The number of aromatic amines is 1. The lowest BCUT2D eigenvalue weighted by atomic mass is 10.1. The number of H-pyrrole nitrogens is 1. The summed E-state index contributed by atoms with van der Waals surface area (Å²) in [5.74, 6) is -0.440. The Morgan fingerprint density at radius 1 is 1.50 bits per heavy atom. The Morgan fingerprint density at radius 3 is 2.94 bits per heavy atom. The molecule has 0 saturated heterocycles. The second kappa shape index (κ2) is 3.68. The minimum atomic E-state index is -0.440. The van der Waals surface area contributed by atoms with Gasteiger partial charge in [0.15, 0.2) is 5.58 Å². The van der Waals surface area contributed by atoms with Gasteiger partial charge in [-0.1, -0.05) is 0 Å². The first-order chi connectivity index (χ1) is 7.50. The van der Waals surface area contributed by atoms with E-state index in [1.54, 1.807) is 12.1 Å². The van der Waals surface area contributed by atoms with Crippen LogP contribution in [-0.2, 0) is 0 Å². The molecular formula is C11H15N3O2. The maximum absolute atomic E-state index is 11.0. The number of nitrogens with two attached hydrogens (primary N) is 1. The number of aromatic nitrogens is 1. The Kier molecular flexibility index (Phi) is 2.47. The first kappa shape index (κ1) is 10.8. The van der Waals surface area contributed by atoms with E-state index in [2.05, 4.69) is 10.3 Å². The van der Waals surface area contributed by atoms with Crippen LogP contribution in [0.5, 0.6) is 0 Å². The van der Waals surface area contributed by atoms with Crippen LogP contribution in [0, 0.1) is 0 Å². The summed E-state index contributed by atoms with van der Waals surface area (Å²) in [4.78, 5) is 13.6. The van der Waals surface area contributed by atoms with Gasteiger partial charge in [-0.3, -0.25) is 4.98 Å².